The molecule has 1 rings (SSSR count). The van der Waals surface area contributed by atoms with E-state index in [0.29, 0.717) is 0 Å². The van der Waals surface area contributed by atoms with Crippen LogP contribution >= 0.6 is 10.7 Å². The Morgan fingerprint density at radius 1 is 1.27 bits per heavy atom. The molecule has 0 fully saturated rings. The number of rotatable bonds is 2. The first-order valence-electron chi connectivity index (χ1n) is 3.65. The Kier molecular flexibility index (Phi) is 3.37. The van der Waals surface area contributed by atoms with Gasteiger partial charge in [-0.1, -0.05) is 15.9 Å². The maximum atomic E-state index is 13.2. The van der Waals surface area contributed by atoms with E-state index in [1.165, 1.54) is 18.2 Å². The first-order chi connectivity index (χ1) is 6.72. The summed E-state index contributed by atoms with van der Waals surface area (Å²) in [7, 11) is -2.84. The maximum absolute atomic E-state index is 13.2. The molecule has 4 nitrogen and oxygen atoms in total. The van der Waals surface area contributed by atoms with Crippen LogP contribution in [0, 0.1) is 5.82 Å². The van der Waals surface area contributed by atoms with E-state index < -0.39 is 24.8 Å². The Labute approximate surface area is 91.8 Å². The van der Waals surface area contributed by atoms with Crippen molar-refractivity contribution in [1.29, 1.82) is 0 Å². The average molecular weight is 272 g/mol. The van der Waals surface area contributed by atoms with E-state index in [1.54, 1.807) is 0 Å². The first-order valence-corrected chi connectivity index (χ1v) is 7.84. The van der Waals surface area contributed by atoms with E-state index in [2.05, 4.69) is 3.77 Å². The van der Waals surface area contributed by atoms with Crippen molar-refractivity contribution in [2.75, 3.05) is 6.26 Å². The van der Waals surface area contributed by atoms with Crippen molar-refractivity contribution >= 4 is 29.6 Å². The lowest BCUT2D eigenvalue weighted by Gasteiger charge is -2.03. The summed E-state index contributed by atoms with van der Waals surface area (Å²) >= 11 is 0. The Bertz CT molecular complexity index is 590. The molecule has 0 aliphatic rings. The van der Waals surface area contributed by atoms with Gasteiger partial charge in [-0.05, 0) is 12.1 Å². The highest BCUT2D eigenvalue weighted by atomic mass is 35.7. The van der Waals surface area contributed by atoms with Gasteiger partial charge in [0.2, 0.25) is 0 Å². The van der Waals surface area contributed by atoms with Gasteiger partial charge < -0.3 is 0 Å². The number of hydrogen-bond donors (Lipinski definition) is 0. The zero-order valence-corrected chi connectivity index (χ0v) is 9.94. The lowest BCUT2D eigenvalue weighted by Crippen LogP contribution is -2.02. The number of benzene rings is 1. The molecule has 0 spiro atoms. The van der Waals surface area contributed by atoms with E-state index in [9.17, 15) is 17.0 Å². The van der Waals surface area contributed by atoms with Gasteiger partial charge in [-0.3, -0.25) is 0 Å². The Morgan fingerprint density at radius 3 is 2.27 bits per heavy atom. The fourth-order valence-corrected chi connectivity index (χ4v) is 4.37. The highest BCUT2D eigenvalue weighted by Crippen LogP contribution is 2.17. The van der Waals surface area contributed by atoms with Gasteiger partial charge in [0.25, 0.3) is 0 Å². The Balaban J connectivity index is 3.50. The Morgan fingerprint density at radius 2 is 1.80 bits per heavy atom. The number of hydrogen-bond acceptors (Lipinski definition) is 3. The maximum Gasteiger partial charge on any atom is 0.347 e. The van der Waals surface area contributed by atoms with Crippen LogP contribution in [0.25, 0.3) is 0 Å². The van der Waals surface area contributed by atoms with E-state index in [4.69, 9.17) is 10.7 Å². The minimum absolute atomic E-state index is 0.283. The molecule has 0 bridgehead atoms. The highest BCUT2D eigenvalue weighted by Gasteiger charge is 2.15. The summed E-state index contributed by atoms with van der Waals surface area (Å²) in [6.07, 6.45) is 1.01. The zero-order valence-electron chi connectivity index (χ0n) is 7.55. The third-order valence-electron chi connectivity index (χ3n) is 1.48. The summed E-state index contributed by atoms with van der Waals surface area (Å²) in [6, 6.07) is 5.08. The molecule has 84 valence electrons. The molecule has 0 saturated heterocycles. The summed E-state index contributed by atoms with van der Waals surface area (Å²) in [4.78, 5) is -0.283. The van der Waals surface area contributed by atoms with Gasteiger partial charge in [-0.25, -0.2) is 8.60 Å². The van der Waals surface area contributed by atoms with Crippen LogP contribution in [-0.2, 0) is 19.0 Å². The van der Waals surface area contributed by atoms with Gasteiger partial charge in [0.05, 0.1) is 14.6 Å². The SMILES string of the molecule is CS(=O)(=NS(=O)(=O)Cl)c1ccccc1F. The van der Waals surface area contributed by atoms with Crippen molar-refractivity contribution in [3.8, 4) is 0 Å². The molecule has 0 amide bonds. The second-order valence-electron chi connectivity index (χ2n) is 2.72. The van der Waals surface area contributed by atoms with Crippen LogP contribution in [0.15, 0.2) is 32.9 Å². The van der Waals surface area contributed by atoms with Crippen molar-refractivity contribution in [3.05, 3.63) is 30.1 Å². The fourth-order valence-electron chi connectivity index (χ4n) is 0.962. The molecule has 0 radical (unpaired) electrons. The highest BCUT2D eigenvalue weighted by molar-refractivity contribution is 8.17. The van der Waals surface area contributed by atoms with Gasteiger partial charge >= 0.3 is 9.24 Å². The minimum Gasteiger partial charge on any atom is -0.244 e. The summed E-state index contributed by atoms with van der Waals surface area (Å²) in [5.41, 5.74) is 0. The quantitative estimate of drug-likeness (QED) is 0.770. The monoisotopic (exact) mass is 271 g/mol. The summed E-state index contributed by atoms with van der Waals surface area (Å²) in [5, 5.41) is 0. The normalized spacial score (nSPS) is 15.7. The van der Waals surface area contributed by atoms with E-state index in [-0.39, 0.29) is 4.90 Å². The van der Waals surface area contributed by atoms with Crippen LogP contribution in [0.1, 0.15) is 0 Å². The topological polar surface area (TPSA) is 63.6 Å². The summed E-state index contributed by atoms with van der Waals surface area (Å²) in [6.45, 7) is 0. The number of nitrogens with zero attached hydrogens (tertiary/aromatic N) is 1. The average Bonchev–Trinajstić information content (AvgIpc) is 1.99. The number of halogens is 2. The lowest BCUT2D eigenvalue weighted by molar-refractivity contribution is 0.594. The first kappa shape index (κ1) is 12.4. The second kappa shape index (κ2) is 4.07. The molecule has 8 heteroatoms. The molecule has 0 heterocycles. The molecule has 1 aromatic rings. The van der Waals surface area contributed by atoms with Crippen LogP contribution < -0.4 is 0 Å². The molecular weight excluding hydrogens is 265 g/mol. The molecular formula is C7H7ClFNO3S2. The molecule has 1 unspecified atom stereocenters. The summed E-state index contributed by atoms with van der Waals surface area (Å²) < 4.78 is 49.1. The molecule has 0 saturated carbocycles. The van der Waals surface area contributed by atoms with Crippen molar-refractivity contribution < 1.29 is 17.0 Å². The molecule has 15 heavy (non-hydrogen) atoms. The predicted molar refractivity (Wildman–Crippen MR) is 55.9 cm³/mol. The third kappa shape index (κ3) is 3.44. The molecule has 0 N–H and O–H groups in total. The van der Waals surface area contributed by atoms with Crippen molar-refractivity contribution in [2.45, 2.75) is 4.90 Å². The molecule has 0 aliphatic carbocycles. The Hall–Kier alpha value is -0.660. The smallest absolute Gasteiger partial charge is 0.244 e. The van der Waals surface area contributed by atoms with Crippen LogP contribution in [0.3, 0.4) is 0 Å². The molecule has 1 aromatic carbocycles. The van der Waals surface area contributed by atoms with Crippen LogP contribution in [0.4, 0.5) is 4.39 Å². The minimum atomic E-state index is -4.29. The zero-order chi connectivity index (χ0) is 11.7. The van der Waals surface area contributed by atoms with Crippen molar-refractivity contribution in [2.24, 2.45) is 3.77 Å². The van der Waals surface area contributed by atoms with Gasteiger partial charge in [0.1, 0.15) is 5.82 Å². The van der Waals surface area contributed by atoms with E-state index >= 15 is 0 Å². The fraction of sp³-hybridized carbons (Fsp3) is 0.143. The van der Waals surface area contributed by atoms with Gasteiger partial charge in [-0.2, -0.15) is 8.42 Å². The molecule has 1 atom stereocenters. The van der Waals surface area contributed by atoms with Crippen LogP contribution in [0.5, 0.6) is 0 Å². The largest absolute Gasteiger partial charge is 0.347 e. The third-order valence-corrected chi connectivity index (χ3v) is 4.98. The standard InChI is InChI=1S/C7H7ClFNO3S2/c1-14(11,10-15(8,12)13)7-5-3-2-4-6(7)9/h2-5H,1H3. The predicted octanol–water partition coefficient (Wildman–Crippen LogP) is 1.77. The van der Waals surface area contributed by atoms with Gasteiger partial charge in [0, 0.05) is 16.9 Å². The summed E-state index contributed by atoms with van der Waals surface area (Å²) in [5.74, 6) is -0.783. The van der Waals surface area contributed by atoms with E-state index in [0.717, 1.165) is 12.3 Å². The second-order valence-corrected chi connectivity index (χ2v) is 7.35. The van der Waals surface area contributed by atoms with Crippen LogP contribution in [-0.4, -0.2) is 18.9 Å². The molecule has 0 aliphatic heterocycles. The van der Waals surface area contributed by atoms with Gasteiger partial charge in [-0.15, -0.1) is 0 Å². The lowest BCUT2D eigenvalue weighted by atomic mass is 10.4. The van der Waals surface area contributed by atoms with Gasteiger partial charge in [0.15, 0.2) is 0 Å². The molecule has 0 aromatic heterocycles. The van der Waals surface area contributed by atoms with Crippen LogP contribution in [0.2, 0.25) is 0 Å². The van der Waals surface area contributed by atoms with Crippen molar-refractivity contribution in [3.63, 3.8) is 0 Å². The van der Waals surface area contributed by atoms with Crippen molar-refractivity contribution in [1.82, 2.24) is 0 Å². The van der Waals surface area contributed by atoms with E-state index in [1.807, 2.05) is 0 Å².